The summed E-state index contributed by atoms with van der Waals surface area (Å²) in [4.78, 5) is 29.6. The van der Waals surface area contributed by atoms with Crippen molar-refractivity contribution >= 4 is 39.1 Å². The lowest BCUT2D eigenvalue weighted by molar-refractivity contribution is -0.127. The molecule has 2 amide bonds. The van der Waals surface area contributed by atoms with Gasteiger partial charge in [0.25, 0.3) is 5.91 Å². The summed E-state index contributed by atoms with van der Waals surface area (Å²) in [5, 5.41) is 5.39. The Balaban J connectivity index is 1.61. The Kier molecular flexibility index (Phi) is 5.16. The molecule has 5 nitrogen and oxygen atoms in total. The van der Waals surface area contributed by atoms with Gasteiger partial charge in [-0.2, -0.15) is 0 Å². The lowest BCUT2D eigenvalue weighted by Crippen LogP contribution is -2.65. The Morgan fingerprint density at radius 3 is 2.56 bits per heavy atom. The Morgan fingerprint density at radius 2 is 1.84 bits per heavy atom. The van der Waals surface area contributed by atoms with E-state index in [2.05, 4.69) is 18.3 Å². The predicted octanol–water partition coefficient (Wildman–Crippen LogP) is 5.43. The summed E-state index contributed by atoms with van der Waals surface area (Å²) in [5.41, 5.74) is 3.62. The number of aromatic nitrogens is 1. The molecule has 0 saturated heterocycles. The molecule has 1 saturated carbocycles. The van der Waals surface area contributed by atoms with Crippen molar-refractivity contribution in [1.29, 1.82) is 0 Å². The van der Waals surface area contributed by atoms with Gasteiger partial charge < -0.3 is 9.88 Å². The molecule has 1 aliphatic heterocycles. The monoisotopic (exact) mass is 449 g/mol. The summed E-state index contributed by atoms with van der Waals surface area (Å²) >= 11 is 1.63. The number of hydrogen-bond acceptors (Lipinski definition) is 3. The first-order chi connectivity index (χ1) is 15.3. The molecule has 1 aliphatic carbocycles. The van der Waals surface area contributed by atoms with E-state index in [1.54, 1.807) is 16.2 Å². The van der Waals surface area contributed by atoms with Gasteiger partial charge in [0.15, 0.2) is 0 Å². The highest BCUT2D eigenvalue weighted by atomic mass is 32.1. The van der Waals surface area contributed by atoms with Gasteiger partial charge in [0.1, 0.15) is 11.2 Å². The van der Waals surface area contributed by atoms with Gasteiger partial charge >= 0.3 is 0 Å². The van der Waals surface area contributed by atoms with E-state index < -0.39 is 5.54 Å². The fourth-order valence-electron chi connectivity index (χ4n) is 5.55. The second kappa shape index (κ2) is 7.77. The largest absolute Gasteiger partial charge is 0.351 e. The van der Waals surface area contributed by atoms with Crippen LogP contribution in [0.1, 0.15) is 61.1 Å². The molecule has 32 heavy (non-hydrogen) atoms. The van der Waals surface area contributed by atoms with Crippen LogP contribution in [0, 0.1) is 19.8 Å². The van der Waals surface area contributed by atoms with Crippen LogP contribution in [0.2, 0.25) is 0 Å². The van der Waals surface area contributed by atoms with Gasteiger partial charge in [-0.05, 0) is 80.3 Å². The molecule has 3 atom stereocenters. The highest BCUT2D eigenvalue weighted by molar-refractivity contribution is 7.17. The van der Waals surface area contributed by atoms with Crippen LogP contribution in [0.25, 0.3) is 10.2 Å². The fraction of sp³-hybridized carbons (Fsp3) is 0.462. The van der Waals surface area contributed by atoms with Gasteiger partial charge in [0.2, 0.25) is 5.91 Å². The predicted molar refractivity (Wildman–Crippen MR) is 131 cm³/mol. The number of rotatable bonds is 3. The topological polar surface area (TPSA) is 54.3 Å². The SMILES string of the molecule is Cc1cc(C)cc(N2C(=O)c3cc4sccc4n3C[C@]2(C)C(=O)N[C@H]2CCCC[C@@H]2C)c1. The van der Waals surface area contributed by atoms with Crippen molar-refractivity contribution in [2.45, 2.75) is 71.5 Å². The summed E-state index contributed by atoms with van der Waals surface area (Å²) in [6, 6.07) is 10.3. The number of carbonyl (C=O) groups is 2. The number of hydrogen-bond donors (Lipinski definition) is 1. The first-order valence-electron chi connectivity index (χ1n) is 11.6. The molecule has 0 bridgehead atoms. The Bertz CT molecular complexity index is 1190. The molecular weight excluding hydrogens is 418 g/mol. The minimum atomic E-state index is -1.02. The Morgan fingerprint density at radius 1 is 1.12 bits per heavy atom. The fourth-order valence-corrected chi connectivity index (χ4v) is 6.37. The summed E-state index contributed by atoms with van der Waals surface area (Å²) < 4.78 is 3.12. The molecule has 3 heterocycles. The van der Waals surface area contributed by atoms with Crippen molar-refractivity contribution in [2.24, 2.45) is 5.92 Å². The highest BCUT2D eigenvalue weighted by Crippen LogP contribution is 2.38. The van der Waals surface area contributed by atoms with Crippen LogP contribution >= 0.6 is 11.3 Å². The molecule has 5 rings (SSSR count). The van der Waals surface area contributed by atoms with Gasteiger partial charge in [-0.25, -0.2) is 0 Å². The lowest BCUT2D eigenvalue weighted by atomic mass is 9.84. The lowest BCUT2D eigenvalue weighted by Gasteiger charge is -2.45. The Labute approximate surface area is 193 Å². The van der Waals surface area contributed by atoms with E-state index in [0.29, 0.717) is 18.2 Å². The van der Waals surface area contributed by atoms with Gasteiger partial charge in [-0.3, -0.25) is 14.5 Å². The molecule has 6 heteroatoms. The van der Waals surface area contributed by atoms with Crippen molar-refractivity contribution in [1.82, 2.24) is 9.88 Å². The number of amides is 2. The average molecular weight is 450 g/mol. The standard InChI is InChI=1S/C26H31N3O2S/c1-16-11-17(2)13-19(12-16)29-24(30)22-14-23-21(9-10-32-23)28(22)15-26(29,4)25(31)27-20-8-6-5-7-18(20)3/h9-14,18,20H,5-8,15H2,1-4H3,(H,27,31)/t18-,20-,26+/m0/s1. The quantitative estimate of drug-likeness (QED) is 0.579. The first kappa shape index (κ1) is 21.3. The van der Waals surface area contributed by atoms with E-state index >= 15 is 0 Å². The molecule has 0 spiro atoms. The third kappa shape index (κ3) is 3.36. The van der Waals surface area contributed by atoms with Crippen LogP contribution in [0.5, 0.6) is 0 Å². The molecule has 2 aromatic heterocycles. The normalized spacial score (nSPS) is 25.8. The van der Waals surface area contributed by atoms with E-state index in [-0.39, 0.29) is 17.9 Å². The third-order valence-electron chi connectivity index (χ3n) is 7.29. The number of aryl methyl sites for hydroxylation is 2. The highest BCUT2D eigenvalue weighted by Gasteiger charge is 2.49. The second-order valence-corrected chi connectivity index (χ2v) is 10.8. The number of carbonyl (C=O) groups excluding carboxylic acids is 2. The number of anilines is 1. The molecule has 1 N–H and O–H groups in total. The summed E-state index contributed by atoms with van der Waals surface area (Å²) in [5.74, 6) is 0.279. The van der Waals surface area contributed by atoms with Crippen LogP contribution in [0.4, 0.5) is 5.69 Å². The first-order valence-corrected chi connectivity index (χ1v) is 12.5. The number of thiophene rings is 1. The minimum Gasteiger partial charge on any atom is -0.351 e. The van der Waals surface area contributed by atoms with Gasteiger partial charge in [-0.1, -0.05) is 25.8 Å². The van der Waals surface area contributed by atoms with E-state index in [4.69, 9.17) is 0 Å². The number of nitrogens with zero attached hydrogens (tertiary/aromatic N) is 2. The average Bonchev–Trinajstić information content (AvgIpc) is 3.31. The van der Waals surface area contributed by atoms with Crippen LogP contribution in [-0.4, -0.2) is 28.0 Å². The van der Waals surface area contributed by atoms with Crippen molar-refractivity contribution in [3.05, 3.63) is 52.5 Å². The molecule has 1 aromatic carbocycles. The van der Waals surface area contributed by atoms with Crippen molar-refractivity contribution in [2.75, 3.05) is 4.90 Å². The van der Waals surface area contributed by atoms with E-state index in [1.807, 2.05) is 55.0 Å². The van der Waals surface area contributed by atoms with E-state index in [0.717, 1.165) is 46.3 Å². The summed E-state index contributed by atoms with van der Waals surface area (Å²) in [7, 11) is 0. The van der Waals surface area contributed by atoms with E-state index in [1.165, 1.54) is 6.42 Å². The van der Waals surface area contributed by atoms with Crippen molar-refractivity contribution < 1.29 is 9.59 Å². The zero-order valence-corrected chi connectivity index (χ0v) is 20.1. The summed E-state index contributed by atoms with van der Waals surface area (Å²) in [6.07, 6.45) is 4.51. The molecular formula is C26H31N3O2S. The maximum Gasteiger partial charge on any atom is 0.275 e. The zero-order valence-electron chi connectivity index (χ0n) is 19.3. The van der Waals surface area contributed by atoms with Crippen LogP contribution in [-0.2, 0) is 11.3 Å². The number of fused-ring (bicyclic) bond motifs is 3. The molecule has 3 aromatic rings. The molecule has 0 radical (unpaired) electrons. The molecule has 168 valence electrons. The van der Waals surface area contributed by atoms with Crippen LogP contribution in [0.3, 0.4) is 0 Å². The maximum atomic E-state index is 13.9. The number of benzene rings is 1. The van der Waals surface area contributed by atoms with Gasteiger partial charge in [0, 0.05) is 11.7 Å². The molecule has 0 unspecified atom stereocenters. The Hall–Kier alpha value is -2.60. The molecule has 1 fully saturated rings. The van der Waals surface area contributed by atoms with Crippen molar-refractivity contribution in [3.8, 4) is 0 Å². The summed E-state index contributed by atoms with van der Waals surface area (Å²) in [6.45, 7) is 8.65. The van der Waals surface area contributed by atoms with Crippen LogP contribution < -0.4 is 10.2 Å². The van der Waals surface area contributed by atoms with Crippen molar-refractivity contribution in [3.63, 3.8) is 0 Å². The maximum absolute atomic E-state index is 13.9. The van der Waals surface area contributed by atoms with E-state index in [9.17, 15) is 9.59 Å². The smallest absolute Gasteiger partial charge is 0.275 e. The third-order valence-corrected chi connectivity index (χ3v) is 8.14. The van der Waals surface area contributed by atoms with Gasteiger partial charge in [-0.15, -0.1) is 11.3 Å². The second-order valence-electron chi connectivity index (χ2n) is 9.89. The zero-order chi connectivity index (χ0) is 22.6. The molecule has 2 aliphatic rings. The van der Waals surface area contributed by atoms with Crippen LogP contribution in [0.15, 0.2) is 35.7 Å². The number of nitrogens with one attached hydrogen (secondary N) is 1. The van der Waals surface area contributed by atoms with Gasteiger partial charge in [0.05, 0.1) is 16.8 Å². The minimum absolute atomic E-state index is 0.0634.